The fourth-order valence-corrected chi connectivity index (χ4v) is 3.48. The number of hydrogen-bond acceptors (Lipinski definition) is 4. The van der Waals surface area contributed by atoms with Crippen LogP contribution in [0.1, 0.15) is 50.4 Å². The molecule has 31 heavy (non-hydrogen) atoms. The number of ether oxygens (including phenoxy) is 2. The van der Waals surface area contributed by atoms with Gasteiger partial charge in [-0.05, 0) is 55.5 Å². The van der Waals surface area contributed by atoms with Crippen molar-refractivity contribution in [2.24, 2.45) is 5.92 Å². The number of urea groups is 1. The van der Waals surface area contributed by atoms with Crippen molar-refractivity contribution >= 4 is 12.0 Å². The molecular formula is C25H30N2O4. The second-order valence-corrected chi connectivity index (χ2v) is 8.25. The van der Waals surface area contributed by atoms with Gasteiger partial charge in [0.05, 0.1) is 17.7 Å². The highest BCUT2D eigenvalue weighted by Gasteiger charge is 2.35. The van der Waals surface area contributed by atoms with E-state index in [0.29, 0.717) is 23.6 Å². The van der Waals surface area contributed by atoms with Crippen molar-refractivity contribution in [3.8, 4) is 5.75 Å². The lowest BCUT2D eigenvalue weighted by atomic mass is 9.91. The van der Waals surface area contributed by atoms with Crippen LogP contribution >= 0.6 is 0 Å². The van der Waals surface area contributed by atoms with Crippen LogP contribution in [0.5, 0.6) is 5.75 Å². The van der Waals surface area contributed by atoms with Crippen LogP contribution < -0.4 is 15.4 Å². The lowest BCUT2D eigenvalue weighted by Gasteiger charge is -2.31. The molecule has 6 nitrogen and oxygen atoms in total. The molecule has 0 aromatic heterocycles. The van der Waals surface area contributed by atoms with Crippen molar-refractivity contribution in [3.63, 3.8) is 0 Å². The molecule has 164 valence electrons. The Morgan fingerprint density at radius 3 is 2.32 bits per heavy atom. The number of hydrogen-bond donors (Lipinski definition) is 2. The zero-order chi connectivity index (χ0) is 22.5. The van der Waals surface area contributed by atoms with Crippen molar-refractivity contribution in [2.45, 2.75) is 53.4 Å². The van der Waals surface area contributed by atoms with E-state index in [1.54, 1.807) is 13.8 Å². The molecule has 1 aliphatic rings. The monoisotopic (exact) mass is 422 g/mol. The summed E-state index contributed by atoms with van der Waals surface area (Å²) in [5.41, 5.74) is 4.10. The third-order valence-electron chi connectivity index (χ3n) is 5.11. The molecule has 3 rings (SSSR count). The molecule has 0 saturated heterocycles. The number of benzene rings is 2. The van der Waals surface area contributed by atoms with Crippen molar-refractivity contribution in [1.29, 1.82) is 0 Å². The summed E-state index contributed by atoms with van der Waals surface area (Å²) in [7, 11) is 0. The molecule has 2 amide bonds. The molecule has 1 unspecified atom stereocenters. The molecule has 0 spiro atoms. The predicted octanol–water partition coefficient (Wildman–Crippen LogP) is 4.79. The summed E-state index contributed by atoms with van der Waals surface area (Å²) in [5, 5.41) is 5.64. The Hall–Kier alpha value is -3.28. The van der Waals surface area contributed by atoms with Crippen LogP contribution in [0.2, 0.25) is 0 Å². The van der Waals surface area contributed by atoms with Crippen LogP contribution in [0.25, 0.3) is 0 Å². The molecular weight excluding hydrogens is 392 g/mol. The average molecular weight is 423 g/mol. The molecule has 0 fully saturated rings. The Balaban J connectivity index is 1.85. The van der Waals surface area contributed by atoms with E-state index in [2.05, 4.69) is 23.6 Å². The van der Waals surface area contributed by atoms with Gasteiger partial charge in [-0.1, -0.05) is 50.2 Å². The fraction of sp³-hybridized carbons (Fsp3) is 0.360. The first kappa shape index (κ1) is 22.4. The second-order valence-electron chi connectivity index (χ2n) is 8.25. The number of esters is 1. The van der Waals surface area contributed by atoms with Crippen molar-refractivity contribution in [3.05, 3.63) is 76.5 Å². The molecule has 2 N–H and O–H groups in total. The SMILES string of the molecule is Cc1ccccc1COc1ccc(C2NC(=O)NC(C(C)C)=C2C(=O)OC(C)C)cc1. The topological polar surface area (TPSA) is 76.7 Å². The summed E-state index contributed by atoms with van der Waals surface area (Å²) in [6.45, 7) is 10.00. The second kappa shape index (κ2) is 9.69. The number of aryl methyl sites for hydroxylation is 1. The van der Waals surface area contributed by atoms with E-state index in [4.69, 9.17) is 9.47 Å². The van der Waals surface area contributed by atoms with Gasteiger partial charge < -0.3 is 20.1 Å². The minimum absolute atomic E-state index is 0.0417. The van der Waals surface area contributed by atoms with E-state index >= 15 is 0 Å². The number of carbonyl (C=O) groups excluding carboxylic acids is 2. The van der Waals surface area contributed by atoms with Crippen LogP contribution in [0.15, 0.2) is 59.8 Å². The summed E-state index contributed by atoms with van der Waals surface area (Å²) in [4.78, 5) is 25.2. The van der Waals surface area contributed by atoms with Crippen LogP contribution in [0.4, 0.5) is 4.79 Å². The molecule has 2 aromatic rings. The smallest absolute Gasteiger partial charge is 0.338 e. The number of nitrogens with one attached hydrogen (secondary N) is 2. The summed E-state index contributed by atoms with van der Waals surface area (Å²) >= 11 is 0. The van der Waals surface area contributed by atoms with E-state index in [9.17, 15) is 9.59 Å². The van der Waals surface area contributed by atoms with Crippen LogP contribution in [0.3, 0.4) is 0 Å². The Morgan fingerprint density at radius 2 is 1.71 bits per heavy atom. The summed E-state index contributed by atoms with van der Waals surface area (Å²) < 4.78 is 11.4. The fourth-order valence-electron chi connectivity index (χ4n) is 3.48. The van der Waals surface area contributed by atoms with E-state index in [1.807, 2.05) is 56.3 Å². The summed E-state index contributed by atoms with van der Waals surface area (Å²) in [6, 6.07) is 14.6. The first-order chi connectivity index (χ1) is 14.8. The number of amides is 2. The quantitative estimate of drug-likeness (QED) is 0.629. The van der Waals surface area contributed by atoms with Crippen LogP contribution in [-0.2, 0) is 16.1 Å². The van der Waals surface area contributed by atoms with E-state index < -0.39 is 12.0 Å². The number of carbonyl (C=O) groups is 2. The first-order valence-corrected chi connectivity index (χ1v) is 10.6. The van der Waals surface area contributed by atoms with E-state index in [-0.39, 0.29) is 18.1 Å². The Kier molecular flexibility index (Phi) is 7.00. The Labute approximate surface area is 183 Å². The molecule has 2 aromatic carbocycles. The van der Waals surface area contributed by atoms with Gasteiger partial charge >= 0.3 is 12.0 Å². The minimum atomic E-state index is -0.595. The molecule has 0 radical (unpaired) electrons. The highest BCUT2D eigenvalue weighted by Crippen LogP contribution is 2.31. The number of rotatable bonds is 7. The lowest BCUT2D eigenvalue weighted by molar-refractivity contribution is -0.143. The Morgan fingerprint density at radius 1 is 1.03 bits per heavy atom. The van der Waals surface area contributed by atoms with Gasteiger partial charge in [-0.25, -0.2) is 9.59 Å². The van der Waals surface area contributed by atoms with Crippen molar-refractivity contribution in [1.82, 2.24) is 10.6 Å². The average Bonchev–Trinajstić information content (AvgIpc) is 2.72. The molecule has 0 aliphatic carbocycles. The van der Waals surface area contributed by atoms with Gasteiger partial charge in [-0.3, -0.25) is 0 Å². The van der Waals surface area contributed by atoms with Gasteiger partial charge in [-0.2, -0.15) is 0 Å². The maximum atomic E-state index is 12.9. The van der Waals surface area contributed by atoms with Gasteiger partial charge in [0.25, 0.3) is 0 Å². The molecule has 1 aliphatic heterocycles. The molecule has 1 atom stereocenters. The minimum Gasteiger partial charge on any atom is -0.489 e. The first-order valence-electron chi connectivity index (χ1n) is 10.6. The summed E-state index contributed by atoms with van der Waals surface area (Å²) in [6.07, 6.45) is -0.260. The van der Waals surface area contributed by atoms with Gasteiger partial charge in [0, 0.05) is 5.70 Å². The maximum Gasteiger partial charge on any atom is 0.338 e. The normalized spacial score (nSPS) is 16.2. The third kappa shape index (κ3) is 5.45. The van der Waals surface area contributed by atoms with Gasteiger partial charge in [0.15, 0.2) is 0 Å². The van der Waals surface area contributed by atoms with E-state index in [1.165, 1.54) is 5.56 Å². The van der Waals surface area contributed by atoms with Crippen molar-refractivity contribution < 1.29 is 19.1 Å². The largest absolute Gasteiger partial charge is 0.489 e. The third-order valence-corrected chi connectivity index (χ3v) is 5.11. The van der Waals surface area contributed by atoms with E-state index in [0.717, 1.165) is 11.1 Å². The zero-order valence-electron chi connectivity index (χ0n) is 18.7. The van der Waals surface area contributed by atoms with Crippen molar-refractivity contribution in [2.75, 3.05) is 0 Å². The molecule has 0 bridgehead atoms. The van der Waals surface area contributed by atoms with Gasteiger partial charge in [0.1, 0.15) is 12.4 Å². The highest BCUT2D eigenvalue weighted by molar-refractivity contribution is 5.95. The molecule has 1 heterocycles. The summed E-state index contributed by atoms with van der Waals surface area (Å²) in [5.74, 6) is 0.239. The lowest BCUT2D eigenvalue weighted by Crippen LogP contribution is -2.47. The maximum absolute atomic E-state index is 12.9. The zero-order valence-corrected chi connectivity index (χ0v) is 18.7. The Bertz CT molecular complexity index is 977. The van der Waals surface area contributed by atoms with Crippen LogP contribution in [-0.4, -0.2) is 18.1 Å². The van der Waals surface area contributed by atoms with Gasteiger partial charge in [0.2, 0.25) is 0 Å². The predicted molar refractivity (Wildman–Crippen MR) is 119 cm³/mol. The highest BCUT2D eigenvalue weighted by atomic mass is 16.5. The molecule has 6 heteroatoms. The van der Waals surface area contributed by atoms with Crippen LogP contribution in [0, 0.1) is 12.8 Å². The number of allylic oxidation sites excluding steroid dienone is 1. The molecule has 0 saturated carbocycles. The van der Waals surface area contributed by atoms with Gasteiger partial charge in [-0.15, -0.1) is 0 Å². The standard InChI is InChI=1S/C25H30N2O4/c1-15(2)22-21(24(28)31-16(3)4)23(27-25(29)26-22)18-10-12-20(13-11-18)30-14-19-9-7-6-8-17(19)5/h6-13,15-16,23H,14H2,1-5H3,(H2,26,27,29).